The molecule has 2 aromatic rings. The molecule has 1 aromatic carbocycles. The molecule has 1 aromatic heterocycles. The normalized spacial score (nSPS) is 19.8. The molecule has 0 radical (unpaired) electrons. The number of carbonyl (C=O) groups is 3. The van der Waals surface area contributed by atoms with Gasteiger partial charge >= 0.3 is 11.9 Å². The van der Waals surface area contributed by atoms with Gasteiger partial charge in [-0.15, -0.1) is 11.3 Å². The summed E-state index contributed by atoms with van der Waals surface area (Å²) in [6, 6.07) is 11.1. The number of rotatable bonds is 8. The van der Waals surface area contributed by atoms with Crippen LogP contribution in [-0.4, -0.2) is 35.8 Å². The van der Waals surface area contributed by atoms with Crippen LogP contribution < -0.4 is 10.1 Å². The Balaban J connectivity index is 1.70. The number of ether oxygens (including phenoxy) is 2. The van der Waals surface area contributed by atoms with Gasteiger partial charge in [-0.3, -0.25) is 9.59 Å². The van der Waals surface area contributed by atoms with E-state index in [4.69, 9.17) is 9.47 Å². The molecule has 0 spiro atoms. The van der Waals surface area contributed by atoms with Gasteiger partial charge < -0.3 is 14.8 Å². The summed E-state index contributed by atoms with van der Waals surface area (Å²) in [6.07, 6.45) is 1.11. The van der Waals surface area contributed by atoms with Crippen molar-refractivity contribution in [2.24, 2.45) is 0 Å². The lowest BCUT2D eigenvalue weighted by Crippen LogP contribution is -2.36. The fraction of sp³-hybridized carbons (Fsp3) is 0.370. The number of allylic oxidation sites excluding steroid dienone is 3. The van der Waals surface area contributed by atoms with E-state index in [2.05, 4.69) is 18.3 Å². The molecule has 1 aliphatic heterocycles. The number of Topliss-reactive ketones (excluding diaryl/α,β-unsaturated/α-hetero) is 1. The van der Waals surface area contributed by atoms with E-state index in [1.54, 1.807) is 35.2 Å². The van der Waals surface area contributed by atoms with Crippen LogP contribution in [0.4, 0.5) is 0 Å². The molecule has 2 heterocycles. The van der Waals surface area contributed by atoms with Gasteiger partial charge in [0.1, 0.15) is 12.4 Å². The lowest BCUT2D eigenvalue weighted by atomic mass is 9.72. The minimum atomic E-state index is -0.541. The van der Waals surface area contributed by atoms with Gasteiger partial charge in [-0.25, -0.2) is 4.79 Å². The number of thiophene rings is 1. The number of carbonyl (C=O) groups excluding carboxylic acids is 3. The lowest BCUT2D eigenvalue weighted by molar-refractivity contribution is -0.138. The van der Waals surface area contributed by atoms with E-state index in [1.807, 2.05) is 30.5 Å². The number of ketones is 1. The minimum absolute atomic E-state index is 0.0329. The number of hydrogen-bond acceptors (Lipinski definition) is 8. The number of nitrogens with one attached hydrogen (secondary N) is 1. The molecule has 6 nitrogen and oxygen atoms in total. The predicted octanol–water partition coefficient (Wildman–Crippen LogP) is 5.33. The Kier molecular flexibility index (Phi) is 8.13. The Bertz CT molecular complexity index is 1160. The van der Waals surface area contributed by atoms with Crippen molar-refractivity contribution in [2.75, 3.05) is 18.1 Å². The molecule has 0 unspecified atom stereocenters. The summed E-state index contributed by atoms with van der Waals surface area (Å²) in [6.45, 7) is 5.58. The summed E-state index contributed by atoms with van der Waals surface area (Å²) in [5.41, 5.74) is 3.42. The Hall–Kier alpha value is -2.84. The molecule has 1 aliphatic carbocycles. The van der Waals surface area contributed by atoms with E-state index in [0.717, 1.165) is 22.8 Å². The van der Waals surface area contributed by atoms with Crippen molar-refractivity contribution < 1.29 is 23.9 Å². The molecule has 0 amide bonds. The minimum Gasteiger partial charge on any atom is -0.461 e. The van der Waals surface area contributed by atoms with Crippen LogP contribution in [-0.2, 0) is 19.1 Å². The first-order valence-electron chi connectivity index (χ1n) is 11.7. The number of thioether (sulfide) groups is 1. The summed E-state index contributed by atoms with van der Waals surface area (Å²) in [4.78, 5) is 39.4. The fourth-order valence-corrected chi connectivity index (χ4v) is 6.00. The maximum Gasteiger partial charge on any atom is 0.336 e. The van der Waals surface area contributed by atoms with E-state index in [1.165, 1.54) is 11.8 Å². The van der Waals surface area contributed by atoms with Crippen LogP contribution in [0.15, 0.2) is 64.3 Å². The fourth-order valence-electron chi connectivity index (χ4n) is 4.68. The SMILES string of the molecule is CCSCCOC(=O)C1=C(C)NC2=C(C(=O)C[C@H](c3cccs3)C2)[C@H]1c1ccc(OC(C)=O)cc1. The van der Waals surface area contributed by atoms with Crippen molar-refractivity contribution in [3.05, 3.63) is 74.8 Å². The molecule has 1 N–H and O–H groups in total. The summed E-state index contributed by atoms with van der Waals surface area (Å²) >= 11 is 3.37. The van der Waals surface area contributed by atoms with Crippen molar-refractivity contribution in [1.29, 1.82) is 0 Å². The van der Waals surface area contributed by atoms with Gasteiger partial charge in [0.2, 0.25) is 0 Å². The maximum atomic E-state index is 13.6. The van der Waals surface area contributed by atoms with Crippen LogP contribution in [0.1, 0.15) is 55.9 Å². The first-order chi connectivity index (χ1) is 16.9. The third kappa shape index (κ3) is 5.70. The largest absolute Gasteiger partial charge is 0.461 e. The lowest BCUT2D eigenvalue weighted by Gasteiger charge is -2.36. The molecule has 0 saturated heterocycles. The second kappa shape index (κ2) is 11.3. The zero-order chi connectivity index (χ0) is 24.9. The van der Waals surface area contributed by atoms with Crippen molar-refractivity contribution >= 4 is 40.8 Å². The second-order valence-corrected chi connectivity index (χ2v) is 10.9. The van der Waals surface area contributed by atoms with E-state index in [-0.39, 0.29) is 11.7 Å². The highest BCUT2D eigenvalue weighted by atomic mass is 32.2. The number of benzene rings is 1. The van der Waals surface area contributed by atoms with Gasteiger partial charge in [0.15, 0.2) is 5.78 Å². The highest BCUT2D eigenvalue weighted by Gasteiger charge is 2.41. The first kappa shape index (κ1) is 25.3. The quantitative estimate of drug-likeness (QED) is 0.291. The second-order valence-electron chi connectivity index (χ2n) is 8.53. The van der Waals surface area contributed by atoms with Gasteiger partial charge in [-0.05, 0) is 48.2 Å². The molecule has 0 saturated carbocycles. The maximum absolute atomic E-state index is 13.6. The Morgan fingerprint density at radius 3 is 2.60 bits per heavy atom. The summed E-state index contributed by atoms with van der Waals surface area (Å²) in [5, 5.41) is 5.41. The van der Waals surface area contributed by atoms with Crippen LogP contribution in [0.2, 0.25) is 0 Å². The summed E-state index contributed by atoms with van der Waals surface area (Å²) < 4.78 is 10.8. The van der Waals surface area contributed by atoms with Gasteiger partial charge in [0.05, 0.1) is 5.57 Å². The van der Waals surface area contributed by atoms with E-state index >= 15 is 0 Å². The number of hydrogen-bond donors (Lipinski definition) is 1. The first-order valence-corrected chi connectivity index (χ1v) is 13.7. The third-order valence-corrected chi connectivity index (χ3v) is 8.03. The van der Waals surface area contributed by atoms with Crippen molar-refractivity contribution in [2.45, 2.75) is 45.4 Å². The average molecular weight is 512 g/mol. The molecule has 0 bridgehead atoms. The number of esters is 2. The number of dihydropyridines is 1. The smallest absolute Gasteiger partial charge is 0.336 e. The Labute approximate surface area is 213 Å². The van der Waals surface area contributed by atoms with E-state index < -0.39 is 17.9 Å². The average Bonchev–Trinajstić information content (AvgIpc) is 3.36. The van der Waals surface area contributed by atoms with Crippen molar-refractivity contribution in [3.63, 3.8) is 0 Å². The van der Waals surface area contributed by atoms with Crippen LogP contribution in [0.25, 0.3) is 0 Å². The molecule has 2 aliphatic rings. The third-order valence-electron chi connectivity index (χ3n) is 6.13. The summed E-state index contributed by atoms with van der Waals surface area (Å²) in [5.74, 6) is 0.878. The molecule has 35 heavy (non-hydrogen) atoms. The highest BCUT2D eigenvalue weighted by Crippen LogP contribution is 2.46. The van der Waals surface area contributed by atoms with Crippen LogP contribution in [0, 0.1) is 0 Å². The van der Waals surface area contributed by atoms with E-state index in [9.17, 15) is 14.4 Å². The molecule has 184 valence electrons. The van der Waals surface area contributed by atoms with Crippen LogP contribution in [0.3, 0.4) is 0 Å². The molecular formula is C27H29NO5S2. The van der Waals surface area contributed by atoms with Gasteiger partial charge in [-0.2, -0.15) is 11.8 Å². The molecule has 8 heteroatoms. The van der Waals surface area contributed by atoms with Crippen LogP contribution in [0.5, 0.6) is 5.75 Å². The standard InChI is InChI=1S/C27H29NO5S2/c1-4-34-13-11-32-27(31)24-16(2)28-21-14-19(23-6-5-12-35-23)15-22(30)26(21)25(24)18-7-9-20(10-8-18)33-17(3)29/h5-10,12,19,25,28H,4,11,13-15H2,1-3H3/t19-,25+/m1/s1. The molecule has 2 atom stereocenters. The van der Waals surface area contributed by atoms with Crippen molar-refractivity contribution in [3.8, 4) is 5.75 Å². The summed E-state index contributed by atoms with van der Waals surface area (Å²) in [7, 11) is 0. The molecule has 4 rings (SSSR count). The van der Waals surface area contributed by atoms with Crippen molar-refractivity contribution in [1.82, 2.24) is 5.32 Å². The van der Waals surface area contributed by atoms with Gasteiger partial charge in [0, 0.05) is 52.8 Å². The van der Waals surface area contributed by atoms with Gasteiger partial charge in [0.25, 0.3) is 0 Å². The monoisotopic (exact) mass is 511 g/mol. The molecule has 0 fully saturated rings. The zero-order valence-corrected chi connectivity index (χ0v) is 21.7. The predicted molar refractivity (Wildman–Crippen MR) is 139 cm³/mol. The van der Waals surface area contributed by atoms with E-state index in [0.29, 0.717) is 42.0 Å². The highest BCUT2D eigenvalue weighted by molar-refractivity contribution is 7.99. The van der Waals surface area contributed by atoms with Gasteiger partial charge in [-0.1, -0.05) is 25.1 Å². The topological polar surface area (TPSA) is 81.7 Å². The molecular weight excluding hydrogens is 482 g/mol. The Morgan fingerprint density at radius 2 is 1.94 bits per heavy atom. The van der Waals surface area contributed by atoms with Crippen LogP contribution >= 0.6 is 23.1 Å². The Morgan fingerprint density at radius 1 is 1.17 bits per heavy atom. The zero-order valence-electron chi connectivity index (χ0n) is 20.1.